The van der Waals surface area contributed by atoms with E-state index in [1.54, 1.807) is 0 Å². The van der Waals surface area contributed by atoms with E-state index in [4.69, 9.17) is 5.11 Å². The summed E-state index contributed by atoms with van der Waals surface area (Å²) in [5.41, 5.74) is 0. The summed E-state index contributed by atoms with van der Waals surface area (Å²) >= 11 is 0. The van der Waals surface area contributed by atoms with Gasteiger partial charge in [-0.1, -0.05) is 12.2 Å². The van der Waals surface area contributed by atoms with Gasteiger partial charge in [0.25, 0.3) is 0 Å². The minimum Gasteiger partial charge on any atom is -0.481 e. The fourth-order valence-electron chi connectivity index (χ4n) is 1.10. The quantitative estimate of drug-likeness (QED) is 0.435. The highest BCUT2D eigenvalue weighted by atomic mass is 16.4. The highest BCUT2D eigenvalue weighted by Crippen LogP contribution is 1.93. The van der Waals surface area contributed by atoms with Crippen LogP contribution in [0.3, 0.4) is 0 Å². The Morgan fingerprint density at radius 1 is 1.19 bits per heavy atom. The molecule has 16 heavy (non-hydrogen) atoms. The normalized spacial score (nSPS) is 10.3. The molecule has 0 heterocycles. The van der Waals surface area contributed by atoms with Gasteiger partial charge in [0.1, 0.15) is 0 Å². The molecule has 0 fully saturated rings. The largest absolute Gasteiger partial charge is 0.481 e. The summed E-state index contributed by atoms with van der Waals surface area (Å²) in [6.45, 7) is 3.07. The number of urea groups is 1. The molecule has 0 saturated heterocycles. The SMILES string of the molecule is C/C=C/CCNC(=O)NCCCCC(=O)O. The van der Waals surface area contributed by atoms with E-state index < -0.39 is 5.97 Å². The van der Waals surface area contributed by atoms with Gasteiger partial charge in [-0.15, -0.1) is 0 Å². The molecule has 0 aromatic carbocycles. The molecule has 0 aromatic rings. The van der Waals surface area contributed by atoms with Crippen molar-refractivity contribution in [1.82, 2.24) is 10.6 Å². The number of allylic oxidation sites excluding steroid dienone is 1. The van der Waals surface area contributed by atoms with E-state index >= 15 is 0 Å². The number of carboxylic acid groups (broad SMARTS) is 1. The number of carbonyl (C=O) groups is 2. The van der Waals surface area contributed by atoms with E-state index in [1.165, 1.54) is 0 Å². The maximum absolute atomic E-state index is 11.1. The van der Waals surface area contributed by atoms with E-state index in [2.05, 4.69) is 10.6 Å². The van der Waals surface area contributed by atoms with Gasteiger partial charge >= 0.3 is 12.0 Å². The Morgan fingerprint density at radius 3 is 2.50 bits per heavy atom. The highest BCUT2D eigenvalue weighted by Gasteiger charge is 1.99. The summed E-state index contributed by atoms with van der Waals surface area (Å²) in [6.07, 6.45) is 6.18. The molecule has 5 heteroatoms. The monoisotopic (exact) mass is 228 g/mol. The van der Waals surface area contributed by atoms with E-state index in [0.29, 0.717) is 25.9 Å². The van der Waals surface area contributed by atoms with Gasteiger partial charge in [0.2, 0.25) is 0 Å². The Labute approximate surface area is 95.9 Å². The first-order valence-electron chi connectivity index (χ1n) is 5.51. The van der Waals surface area contributed by atoms with Crippen molar-refractivity contribution in [2.24, 2.45) is 0 Å². The molecule has 3 N–H and O–H groups in total. The van der Waals surface area contributed by atoms with Gasteiger partial charge in [-0.2, -0.15) is 0 Å². The number of carbonyl (C=O) groups excluding carboxylic acids is 1. The Kier molecular flexibility index (Phi) is 9.06. The van der Waals surface area contributed by atoms with Gasteiger partial charge in [0.05, 0.1) is 0 Å². The number of amides is 2. The molecule has 0 aromatic heterocycles. The number of rotatable bonds is 8. The molecule has 0 unspecified atom stereocenters. The fraction of sp³-hybridized carbons (Fsp3) is 0.636. The molecular formula is C11H20N2O3. The van der Waals surface area contributed by atoms with Gasteiger partial charge in [-0.25, -0.2) is 4.79 Å². The average Bonchev–Trinajstić information content (AvgIpc) is 2.23. The molecule has 0 spiro atoms. The average molecular weight is 228 g/mol. The zero-order valence-corrected chi connectivity index (χ0v) is 9.66. The maximum atomic E-state index is 11.1. The summed E-state index contributed by atoms with van der Waals surface area (Å²) in [5, 5.41) is 13.7. The summed E-state index contributed by atoms with van der Waals surface area (Å²) in [7, 11) is 0. The third-order valence-corrected chi connectivity index (χ3v) is 1.94. The first kappa shape index (κ1) is 14.5. The second kappa shape index (κ2) is 10.0. The van der Waals surface area contributed by atoms with Crippen molar-refractivity contribution in [3.05, 3.63) is 12.2 Å². The number of unbranched alkanes of at least 4 members (excludes halogenated alkanes) is 1. The minimum atomic E-state index is -0.796. The molecule has 5 nitrogen and oxygen atoms in total. The molecular weight excluding hydrogens is 208 g/mol. The molecule has 0 saturated carbocycles. The van der Waals surface area contributed by atoms with Crippen molar-refractivity contribution in [2.45, 2.75) is 32.6 Å². The van der Waals surface area contributed by atoms with E-state index in [1.807, 2.05) is 19.1 Å². The van der Waals surface area contributed by atoms with Crippen LogP contribution >= 0.6 is 0 Å². The molecule has 0 atom stereocenters. The van der Waals surface area contributed by atoms with Crippen LogP contribution in [-0.4, -0.2) is 30.2 Å². The Bertz CT molecular complexity index is 239. The van der Waals surface area contributed by atoms with E-state index in [-0.39, 0.29) is 12.5 Å². The Hall–Kier alpha value is -1.52. The maximum Gasteiger partial charge on any atom is 0.314 e. The van der Waals surface area contributed by atoms with Crippen molar-refractivity contribution in [3.8, 4) is 0 Å². The zero-order valence-electron chi connectivity index (χ0n) is 9.66. The molecule has 0 rings (SSSR count). The van der Waals surface area contributed by atoms with Crippen LogP contribution in [-0.2, 0) is 4.79 Å². The lowest BCUT2D eigenvalue weighted by Crippen LogP contribution is -2.36. The number of aliphatic carboxylic acids is 1. The van der Waals surface area contributed by atoms with Crippen LogP contribution < -0.4 is 10.6 Å². The summed E-state index contributed by atoms with van der Waals surface area (Å²) in [6, 6.07) is -0.195. The van der Waals surface area contributed by atoms with Crippen molar-refractivity contribution in [1.29, 1.82) is 0 Å². The van der Waals surface area contributed by atoms with E-state index in [9.17, 15) is 9.59 Å². The molecule has 0 aliphatic heterocycles. The predicted octanol–water partition coefficient (Wildman–Crippen LogP) is 1.51. The van der Waals surface area contributed by atoms with Crippen molar-refractivity contribution in [3.63, 3.8) is 0 Å². The van der Waals surface area contributed by atoms with E-state index in [0.717, 1.165) is 6.42 Å². The topological polar surface area (TPSA) is 78.4 Å². The van der Waals surface area contributed by atoms with Crippen LogP contribution in [0, 0.1) is 0 Å². The number of hydrogen-bond donors (Lipinski definition) is 3. The number of nitrogens with one attached hydrogen (secondary N) is 2. The highest BCUT2D eigenvalue weighted by molar-refractivity contribution is 5.73. The molecule has 0 aliphatic carbocycles. The summed E-state index contributed by atoms with van der Waals surface area (Å²) < 4.78 is 0. The molecule has 0 bridgehead atoms. The molecule has 0 aliphatic rings. The lowest BCUT2D eigenvalue weighted by molar-refractivity contribution is -0.137. The van der Waals surface area contributed by atoms with Crippen molar-refractivity contribution >= 4 is 12.0 Å². The molecule has 0 radical (unpaired) electrons. The van der Waals surface area contributed by atoms with Gasteiger partial charge in [-0.05, 0) is 26.2 Å². The van der Waals surface area contributed by atoms with Gasteiger partial charge in [0.15, 0.2) is 0 Å². The van der Waals surface area contributed by atoms with Crippen LogP contribution in [0.4, 0.5) is 4.79 Å². The minimum absolute atomic E-state index is 0.157. The van der Waals surface area contributed by atoms with Crippen LogP contribution in [0.25, 0.3) is 0 Å². The smallest absolute Gasteiger partial charge is 0.314 e. The number of hydrogen-bond acceptors (Lipinski definition) is 2. The summed E-state index contributed by atoms with van der Waals surface area (Å²) in [5.74, 6) is -0.796. The third kappa shape index (κ3) is 10.6. The first-order chi connectivity index (χ1) is 7.66. The lowest BCUT2D eigenvalue weighted by Gasteiger charge is -2.05. The third-order valence-electron chi connectivity index (χ3n) is 1.94. The van der Waals surface area contributed by atoms with Crippen LogP contribution in [0.1, 0.15) is 32.6 Å². The van der Waals surface area contributed by atoms with Crippen LogP contribution in [0.15, 0.2) is 12.2 Å². The molecule has 2 amide bonds. The van der Waals surface area contributed by atoms with Crippen molar-refractivity contribution in [2.75, 3.05) is 13.1 Å². The standard InChI is InChI=1S/C11H20N2O3/c1-2-3-5-8-12-11(16)13-9-6-4-7-10(14)15/h2-3H,4-9H2,1H3,(H,14,15)(H2,12,13,16)/b3-2+. The lowest BCUT2D eigenvalue weighted by atomic mass is 10.2. The second-order valence-corrected chi connectivity index (χ2v) is 3.39. The van der Waals surface area contributed by atoms with Crippen molar-refractivity contribution < 1.29 is 14.7 Å². The second-order valence-electron chi connectivity index (χ2n) is 3.39. The van der Waals surface area contributed by atoms with Gasteiger partial charge in [0, 0.05) is 19.5 Å². The Balaban J connectivity index is 3.27. The summed E-state index contributed by atoms with van der Waals surface area (Å²) in [4.78, 5) is 21.3. The van der Waals surface area contributed by atoms with Gasteiger partial charge < -0.3 is 15.7 Å². The first-order valence-corrected chi connectivity index (χ1v) is 5.51. The zero-order chi connectivity index (χ0) is 12.2. The number of carboxylic acids is 1. The van der Waals surface area contributed by atoms with Crippen LogP contribution in [0.5, 0.6) is 0 Å². The Morgan fingerprint density at radius 2 is 1.88 bits per heavy atom. The van der Waals surface area contributed by atoms with Gasteiger partial charge in [-0.3, -0.25) is 4.79 Å². The fourth-order valence-corrected chi connectivity index (χ4v) is 1.10. The predicted molar refractivity (Wildman–Crippen MR) is 62.3 cm³/mol. The van der Waals surface area contributed by atoms with Crippen LogP contribution in [0.2, 0.25) is 0 Å². The molecule has 92 valence electrons.